The predicted octanol–water partition coefficient (Wildman–Crippen LogP) is 2.68. The molecule has 0 saturated carbocycles. The molecule has 1 rings (SSSR count). The van der Waals surface area contributed by atoms with Gasteiger partial charge in [-0.15, -0.1) is 24.0 Å². The minimum Gasteiger partial charge on any atom is -0.381 e. The van der Waals surface area contributed by atoms with Gasteiger partial charge in [0.1, 0.15) is 0 Å². The zero-order valence-corrected chi connectivity index (χ0v) is 16.6. The van der Waals surface area contributed by atoms with Gasteiger partial charge in [-0.2, -0.15) is 11.8 Å². The highest BCUT2D eigenvalue weighted by atomic mass is 127. The van der Waals surface area contributed by atoms with Gasteiger partial charge in [-0.3, -0.25) is 4.99 Å². The summed E-state index contributed by atoms with van der Waals surface area (Å²) in [6, 6.07) is 0. The number of hydrogen-bond donors (Lipinski definition) is 1. The average molecular weight is 415 g/mol. The molecule has 1 N–H and O–H groups in total. The molecule has 1 unspecified atom stereocenters. The predicted molar refractivity (Wildman–Crippen MR) is 101 cm³/mol. The number of ether oxygens (including phenoxy) is 1. The Kier molecular flexibility index (Phi) is 10.3. The van der Waals surface area contributed by atoms with Crippen molar-refractivity contribution in [1.29, 1.82) is 0 Å². The van der Waals surface area contributed by atoms with Crippen molar-refractivity contribution in [1.82, 2.24) is 10.2 Å². The van der Waals surface area contributed by atoms with Crippen LogP contribution in [0.1, 0.15) is 27.2 Å². The Balaban J connectivity index is 0.00000361. The third-order valence-electron chi connectivity index (χ3n) is 3.58. The minimum absolute atomic E-state index is 0. The zero-order valence-electron chi connectivity index (χ0n) is 13.4. The van der Waals surface area contributed by atoms with Crippen LogP contribution in [-0.2, 0) is 4.74 Å². The lowest BCUT2D eigenvalue weighted by Crippen LogP contribution is -2.45. The quantitative estimate of drug-likeness (QED) is 0.411. The number of nitrogens with zero attached hydrogens (tertiary/aromatic N) is 2. The highest BCUT2D eigenvalue weighted by Crippen LogP contribution is 2.20. The Bertz CT molecular complexity index is 300. The van der Waals surface area contributed by atoms with Crippen LogP contribution in [0, 0.1) is 5.92 Å². The van der Waals surface area contributed by atoms with Crippen LogP contribution in [-0.4, -0.2) is 61.8 Å². The molecule has 0 amide bonds. The van der Waals surface area contributed by atoms with Gasteiger partial charge in [-0.1, -0.05) is 0 Å². The second-order valence-electron chi connectivity index (χ2n) is 5.62. The van der Waals surface area contributed by atoms with Gasteiger partial charge in [-0.05, 0) is 33.4 Å². The van der Waals surface area contributed by atoms with Crippen LogP contribution in [0.3, 0.4) is 0 Å². The van der Waals surface area contributed by atoms with Gasteiger partial charge >= 0.3 is 0 Å². The standard InChI is InChI=1S/C14H29N3OS.HI/c1-6-18-10-12-7-8-17(9-12)13(15-4)16-11-14(2,3)19-5;/h12H,6-11H2,1-5H3,(H,15,16);1H. The summed E-state index contributed by atoms with van der Waals surface area (Å²) < 4.78 is 5.76. The Morgan fingerprint density at radius 3 is 2.75 bits per heavy atom. The summed E-state index contributed by atoms with van der Waals surface area (Å²) >= 11 is 1.88. The Labute approximate surface area is 145 Å². The maximum atomic E-state index is 5.52. The molecule has 120 valence electrons. The largest absolute Gasteiger partial charge is 0.381 e. The highest BCUT2D eigenvalue weighted by Gasteiger charge is 2.26. The average Bonchev–Trinajstić information content (AvgIpc) is 2.86. The molecule has 1 heterocycles. The fraction of sp³-hybridized carbons (Fsp3) is 0.929. The maximum Gasteiger partial charge on any atom is 0.193 e. The van der Waals surface area contributed by atoms with E-state index >= 15 is 0 Å². The van der Waals surface area contributed by atoms with E-state index in [0.29, 0.717) is 5.92 Å². The second-order valence-corrected chi connectivity index (χ2v) is 7.14. The van der Waals surface area contributed by atoms with E-state index in [4.69, 9.17) is 4.74 Å². The van der Waals surface area contributed by atoms with Crippen LogP contribution in [0.25, 0.3) is 0 Å². The van der Waals surface area contributed by atoms with Gasteiger partial charge in [0.15, 0.2) is 5.96 Å². The fourth-order valence-electron chi connectivity index (χ4n) is 2.14. The summed E-state index contributed by atoms with van der Waals surface area (Å²) in [6.45, 7) is 11.3. The lowest BCUT2D eigenvalue weighted by atomic mass is 10.1. The molecule has 6 heteroatoms. The normalized spacial score (nSPS) is 19.9. The van der Waals surface area contributed by atoms with Crippen molar-refractivity contribution < 1.29 is 4.74 Å². The molecule has 1 aliphatic rings. The Morgan fingerprint density at radius 1 is 1.50 bits per heavy atom. The summed E-state index contributed by atoms with van der Waals surface area (Å²) in [5.41, 5.74) is 0. The number of nitrogens with one attached hydrogen (secondary N) is 1. The SMILES string of the molecule is CCOCC1CCN(C(=NC)NCC(C)(C)SC)C1.I. The topological polar surface area (TPSA) is 36.9 Å². The Morgan fingerprint density at radius 2 is 2.20 bits per heavy atom. The molecule has 0 aromatic heterocycles. The van der Waals surface area contributed by atoms with Gasteiger partial charge in [0.05, 0.1) is 6.61 Å². The fourth-order valence-corrected chi connectivity index (χ4v) is 2.36. The number of aliphatic imine (C=N–C) groups is 1. The monoisotopic (exact) mass is 415 g/mol. The van der Waals surface area contributed by atoms with Crippen LogP contribution in [0.4, 0.5) is 0 Å². The van der Waals surface area contributed by atoms with Crippen molar-refractivity contribution in [3.8, 4) is 0 Å². The number of rotatable bonds is 6. The number of hydrogen-bond acceptors (Lipinski definition) is 3. The van der Waals surface area contributed by atoms with Gasteiger partial charge in [0, 0.05) is 44.0 Å². The van der Waals surface area contributed by atoms with E-state index in [0.717, 1.165) is 38.8 Å². The maximum absolute atomic E-state index is 5.52. The summed E-state index contributed by atoms with van der Waals surface area (Å²) in [5.74, 6) is 1.67. The first kappa shape index (κ1) is 20.3. The molecule has 1 saturated heterocycles. The molecule has 1 aliphatic heterocycles. The van der Waals surface area contributed by atoms with Crippen molar-refractivity contribution in [2.75, 3.05) is 46.2 Å². The van der Waals surface area contributed by atoms with E-state index in [-0.39, 0.29) is 28.7 Å². The number of guanidine groups is 1. The van der Waals surface area contributed by atoms with Gasteiger partial charge in [0.2, 0.25) is 0 Å². The molecule has 4 nitrogen and oxygen atoms in total. The van der Waals surface area contributed by atoms with E-state index in [2.05, 4.69) is 42.2 Å². The molecule has 0 aliphatic carbocycles. The highest BCUT2D eigenvalue weighted by molar-refractivity contribution is 14.0. The van der Waals surface area contributed by atoms with E-state index in [1.165, 1.54) is 6.42 Å². The molecule has 1 atom stereocenters. The molecular weight excluding hydrogens is 385 g/mol. The van der Waals surface area contributed by atoms with E-state index < -0.39 is 0 Å². The van der Waals surface area contributed by atoms with Crippen LogP contribution in [0.2, 0.25) is 0 Å². The van der Waals surface area contributed by atoms with Crippen LogP contribution in [0.5, 0.6) is 0 Å². The smallest absolute Gasteiger partial charge is 0.193 e. The molecular formula is C14H30IN3OS. The third-order valence-corrected chi connectivity index (χ3v) is 4.83. The van der Waals surface area contributed by atoms with Crippen molar-refractivity contribution in [2.45, 2.75) is 31.9 Å². The molecule has 0 radical (unpaired) electrons. The van der Waals surface area contributed by atoms with Crippen LogP contribution in [0.15, 0.2) is 4.99 Å². The number of likely N-dealkylation sites (tertiary alicyclic amines) is 1. The lowest BCUT2D eigenvalue weighted by molar-refractivity contribution is 0.114. The lowest BCUT2D eigenvalue weighted by Gasteiger charge is -2.27. The third kappa shape index (κ3) is 6.85. The van der Waals surface area contributed by atoms with Crippen LogP contribution >= 0.6 is 35.7 Å². The molecule has 0 aromatic carbocycles. The molecule has 0 spiro atoms. The molecule has 1 fully saturated rings. The number of thioether (sulfide) groups is 1. The van der Waals surface area contributed by atoms with Crippen molar-refractivity contribution >= 4 is 41.7 Å². The van der Waals surface area contributed by atoms with Gasteiger partial charge in [0.25, 0.3) is 0 Å². The molecule has 0 aromatic rings. The number of halogens is 1. The van der Waals surface area contributed by atoms with Gasteiger partial charge < -0.3 is 15.0 Å². The molecule has 20 heavy (non-hydrogen) atoms. The first-order chi connectivity index (χ1) is 9.02. The van der Waals surface area contributed by atoms with E-state index in [1.54, 1.807) is 0 Å². The van der Waals surface area contributed by atoms with E-state index in [1.807, 2.05) is 18.8 Å². The Hall–Kier alpha value is 0.310. The summed E-state index contributed by atoms with van der Waals surface area (Å²) in [5, 5.41) is 3.49. The summed E-state index contributed by atoms with van der Waals surface area (Å²) in [7, 11) is 1.87. The van der Waals surface area contributed by atoms with Crippen LogP contribution < -0.4 is 5.32 Å². The van der Waals surface area contributed by atoms with Crippen molar-refractivity contribution in [3.63, 3.8) is 0 Å². The minimum atomic E-state index is 0. The first-order valence-electron chi connectivity index (χ1n) is 7.11. The molecule has 0 bridgehead atoms. The van der Waals surface area contributed by atoms with Gasteiger partial charge in [-0.25, -0.2) is 0 Å². The van der Waals surface area contributed by atoms with E-state index in [9.17, 15) is 0 Å². The first-order valence-corrected chi connectivity index (χ1v) is 8.33. The summed E-state index contributed by atoms with van der Waals surface area (Å²) in [6.07, 6.45) is 3.35. The van der Waals surface area contributed by atoms with Crippen molar-refractivity contribution in [2.24, 2.45) is 10.9 Å². The zero-order chi connectivity index (χ0) is 14.3. The second kappa shape index (κ2) is 10.1. The van der Waals surface area contributed by atoms with Crippen molar-refractivity contribution in [3.05, 3.63) is 0 Å². The summed E-state index contributed by atoms with van der Waals surface area (Å²) in [4.78, 5) is 6.75.